The van der Waals surface area contributed by atoms with Gasteiger partial charge in [-0.3, -0.25) is 0 Å². The molecule has 0 radical (unpaired) electrons. The van der Waals surface area contributed by atoms with Crippen LogP contribution in [0.5, 0.6) is 0 Å². The first-order chi connectivity index (χ1) is 18.8. The molecule has 0 spiro atoms. The lowest BCUT2D eigenvalue weighted by Gasteiger charge is -2.37. The van der Waals surface area contributed by atoms with Gasteiger partial charge in [0.25, 0.3) is 0 Å². The summed E-state index contributed by atoms with van der Waals surface area (Å²) >= 11 is 0. The summed E-state index contributed by atoms with van der Waals surface area (Å²) in [4.78, 5) is 12.9. The molecule has 0 aliphatic heterocycles. The summed E-state index contributed by atoms with van der Waals surface area (Å²) in [5.41, 5.74) is 3.49. The van der Waals surface area contributed by atoms with E-state index in [0.29, 0.717) is 18.9 Å². The second-order valence-corrected chi connectivity index (χ2v) is 12.3. The summed E-state index contributed by atoms with van der Waals surface area (Å²) in [6, 6.07) is 18.3. The topological polar surface area (TPSA) is 77.0 Å². The molecule has 0 heterocycles. The number of urea groups is 1. The third kappa shape index (κ3) is 8.90. The molecule has 0 saturated heterocycles. The number of halogens is 2. The van der Waals surface area contributed by atoms with Crippen LogP contribution in [0.1, 0.15) is 70.6 Å². The lowest BCUT2D eigenvalue weighted by molar-refractivity contribution is 0.210. The van der Waals surface area contributed by atoms with Gasteiger partial charge in [-0.2, -0.15) is 0 Å². The second-order valence-electron chi connectivity index (χ2n) is 12.3. The summed E-state index contributed by atoms with van der Waals surface area (Å²) in [6.45, 7) is 13.0. The van der Waals surface area contributed by atoms with E-state index in [0.717, 1.165) is 34.5 Å². The maximum atomic E-state index is 13.3. The average molecular weight is 549 g/mol. The normalized spacial score (nSPS) is 12.6. The highest BCUT2D eigenvalue weighted by Gasteiger charge is 2.33. The van der Waals surface area contributed by atoms with Crippen LogP contribution in [0.3, 0.4) is 0 Å². The maximum absolute atomic E-state index is 13.3. The molecule has 0 bridgehead atoms. The zero-order valence-electron chi connectivity index (χ0n) is 24.4. The van der Waals surface area contributed by atoms with Crippen LogP contribution in [0.2, 0.25) is 0 Å². The monoisotopic (exact) mass is 548 g/mol. The van der Waals surface area contributed by atoms with Gasteiger partial charge in [0.15, 0.2) is 0 Å². The van der Waals surface area contributed by atoms with Crippen molar-refractivity contribution in [3.8, 4) is 0 Å². The molecule has 0 aliphatic carbocycles. The van der Waals surface area contributed by atoms with Crippen molar-refractivity contribution >= 4 is 23.6 Å². The van der Waals surface area contributed by atoms with Crippen molar-refractivity contribution in [1.82, 2.24) is 10.6 Å². The molecule has 5 nitrogen and oxygen atoms in total. The Labute approximate surface area is 237 Å². The van der Waals surface area contributed by atoms with Gasteiger partial charge in [0, 0.05) is 35.2 Å². The molecule has 0 aliphatic rings. The van der Waals surface area contributed by atoms with Gasteiger partial charge in [-0.15, -0.1) is 0 Å². The third-order valence-electron chi connectivity index (χ3n) is 7.12. The van der Waals surface area contributed by atoms with Crippen molar-refractivity contribution in [2.75, 3.05) is 11.9 Å². The number of rotatable bonds is 12. The molecular weight excluding hydrogens is 506 g/mol. The summed E-state index contributed by atoms with van der Waals surface area (Å²) in [5.74, 6) is -0.0329. The van der Waals surface area contributed by atoms with Crippen LogP contribution in [0.15, 0.2) is 66.7 Å². The summed E-state index contributed by atoms with van der Waals surface area (Å²) < 4.78 is 26.6. The number of carbonyl (C=O) groups excluding carboxylic acids is 1. The molecule has 0 fully saturated rings. The minimum atomic E-state index is -0.518. The van der Waals surface area contributed by atoms with Crippen LogP contribution in [-0.2, 0) is 6.42 Å². The van der Waals surface area contributed by atoms with E-state index in [1.807, 2.05) is 26.0 Å². The van der Waals surface area contributed by atoms with Crippen LogP contribution in [0.4, 0.5) is 25.0 Å². The summed E-state index contributed by atoms with van der Waals surface area (Å²) in [7, 11) is 0. The van der Waals surface area contributed by atoms with Crippen molar-refractivity contribution in [2.45, 2.75) is 65.8 Å². The van der Waals surface area contributed by atoms with Crippen molar-refractivity contribution < 1.29 is 13.6 Å². The Kier molecular flexibility index (Phi) is 10.1. The Balaban J connectivity index is 1.72. The van der Waals surface area contributed by atoms with Gasteiger partial charge in [-0.1, -0.05) is 45.9 Å². The lowest BCUT2D eigenvalue weighted by Crippen LogP contribution is -2.51. The Hall–Kier alpha value is -3.74. The van der Waals surface area contributed by atoms with Crippen LogP contribution in [-0.4, -0.2) is 24.3 Å². The first-order valence-electron chi connectivity index (χ1n) is 13.8. The van der Waals surface area contributed by atoms with Crippen molar-refractivity contribution in [2.24, 2.45) is 11.3 Å². The fourth-order valence-corrected chi connectivity index (χ4v) is 5.04. The third-order valence-corrected chi connectivity index (χ3v) is 7.12. The number of amides is 2. The average Bonchev–Trinajstić information content (AvgIpc) is 2.88. The SMILES string of the molecule is CC(C)CC(c1ccc(Nc2ccc(F)cc2)c(C=N)c1)C(C)(C)CNC(=O)NC(C)(C)Cc1ccc(F)cc1. The number of anilines is 2. The first-order valence-corrected chi connectivity index (χ1v) is 13.8. The highest BCUT2D eigenvalue weighted by Crippen LogP contribution is 2.41. The van der Waals surface area contributed by atoms with Crippen molar-refractivity contribution in [3.63, 3.8) is 0 Å². The molecule has 0 saturated carbocycles. The lowest BCUT2D eigenvalue weighted by atomic mass is 9.71. The Morgan fingerprint density at radius 2 is 1.52 bits per heavy atom. The van der Waals surface area contributed by atoms with Crippen LogP contribution >= 0.6 is 0 Å². The van der Waals surface area contributed by atoms with E-state index in [4.69, 9.17) is 5.41 Å². The molecule has 3 aromatic carbocycles. The quantitative estimate of drug-likeness (QED) is 0.172. The fourth-order valence-electron chi connectivity index (χ4n) is 5.04. The van der Waals surface area contributed by atoms with Gasteiger partial charge in [-0.25, -0.2) is 13.6 Å². The highest BCUT2D eigenvalue weighted by molar-refractivity contribution is 5.87. The van der Waals surface area contributed by atoms with Gasteiger partial charge >= 0.3 is 6.03 Å². The minimum absolute atomic E-state index is 0.124. The molecule has 1 unspecified atom stereocenters. The standard InChI is InChI=1S/C33H42F2N4O/c1-22(2)17-29(24-9-16-30(25(18-24)20-36)38-28-14-12-27(35)13-15-28)32(3,4)21-37-31(40)39-33(5,6)19-23-7-10-26(34)11-8-23/h7-16,18,20,22,29,36,38H,17,19,21H2,1-6H3,(H2,37,39,40). The van der Waals surface area contributed by atoms with Crippen molar-refractivity contribution in [1.29, 1.82) is 5.41 Å². The Morgan fingerprint density at radius 1 is 0.925 bits per heavy atom. The number of benzene rings is 3. The molecule has 0 aromatic heterocycles. The van der Waals surface area contributed by atoms with Crippen molar-refractivity contribution in [3.05, 3.63) is 95.1 Å². The van der Waals surface area contributed by atoms with Gasteiger partial charge < -0.3 is 21.4 Å². The van der Waals surface area contributed by atoms with E-state index in [1.54, 1.807) is 24.3 Å². The van der Waals surface area contributed by atoms with Gasteiger partial charge in [-0.05, 0) is 104 Å². The second kappa shape index (κ2) is 13.1. The molecule has 4 N–H and O–H groups in total. The molecule has 7 heteroatoms. The predicted molar refractivity (Wildman–Crippen MR) is 161 cm³/mol. The zero-order valence-corrected chi connectivity index (χ0v) is 24.4. The first kappa shape index (κ1) is 30.8. The molecule has 2 amide bonds. The fraction of sp³-hybridized carbons (Fsp3) is 0.394. The van der Waals surface area contributed by atoms with Crippen LogP contribution in [0, 0.1) is 28.4 Å². The highest BCUT2D eigenvalue weighted by atomic mass is 19.1. The number of nitrogens with one attached hydrogen (secondary N) is 4. The number of carbonyl (C=O) groups is 1. The molecule has 214 valence electrons. The van der Waals surface area contributed by atoms with E-state index in [1.165, 1.54) is 30.5 Å². The van der Waals surface area contributed by atoms with Crippen LogP contribution in [0.25, 0.3) is 0 Å². The van der Waals surface area contributed by atoms with Gasteiger partial charge in [0.2, 0.25) is 0 Å². The summed E-state index contributed by atoms with van der Waals surface area (Å²) in [5, 5.41) is 17.4. The molecule has 40 heavy (non-hydrogen) atoms. The number of hydrogen-bond acceptors (Lipinski definition) is 3. The van der Waals surface area contributed by atoms with Crippen LogP contribution < -0.4 is 16.0 Å². The molecule has 1 atom stereocenters. The largest absolute Gasteiger partial charge is 0.355 e. The minimum Gasteiger partial charge on any atom is -0.355 e. The van der Waals surface area contributed by atoms with E-state index in [2.05, 4.69) is 49.7 Å². The Morgan fingerprint density at radius 3 is 2.10 bits per heavy atom. The smallest absolute Gasteiger partial charge is 0.315 e. The predicted octanol–water partition coefficient (Wildman–Crippen LogP) is 8.18. The Bertz CT molecular complexity index is 1280. The van der Waals surface area contributed by atoms with E-state index >= 15 is 0 Å². The molecule has 3 aromatic rings. The number of hydrogen-bond donors (Lipinski definition) is 4. The van der Waals surface area contributed by atoms with Gasteiger partial charge in [0.1, 0.15) is 11.6 Å². The zero-order chi connectivity index (χ0) is 29.5. The van der Waals surface area contributed by atoms with E-state index < -0.39 is 5.54 Å². The van der Waals surface area contributed by atoms with E-state index in [9.17, 15) is 13.6 Å². The summed E-state index contributed by atoms with van der Waals surface area (Å²) in [6.07, 6.45) is 2.81. The maximum Gasteiger partial charge on any atom is 0.315 e. The molecule has 3 rings (SSSR count). The van der Waals surface area contributed by atoms with E-state index in [-0.39, 0.29) is 29.0 Å². The van der Waals surface area contributed by atoms with Gasteiger partial charge in [0.05, 0.1) is 0 Å². The molecular formula is C33H42F2N4O.